The summed E-state index contributed by atoms with van der Waals surface area (Å²) in [6.45, 7) is 1.81. The standard InChI is InChI=1S/C15H20N2O3/c1-10(7-8-14(18)19)16-15(20)17-13-9-12(13)11-5-3-2-4-6-11/h2-6,10,12-13H,7-9H2,1H3,(H,18,19)(H2,16,17,20). The van der Waals surface area contributed by atoms with E-state index in [1.165, 1.54) is 5.56 Å². The monoisotopic (exact) mass is 276 g/mol. The summed E-state index contributed by atoms with van der Waals surface area (Å²) in [5.41, 5.74) is 1.25. The summed E-state index contributed by atoms with van der Waals surface area (Å²) in [6, 6.07) is 9.94. The average molecular weight is 276 g/mol. The van der Waals surface area contributed by atoms with Gasteiger partial charge in [-0.25, -0.2) is 4.79 Å². The van der Waals surface area contributed by atoms with E-state index >= 15 is 0 Å². The van der Waals surface area contributed by atoms with Crippen LogP contribution in [0.4, 0.5) is 4.79 Å². The molecule has 5 nitrogen and oxygen atoms in total. The van der Waals surface area contributed by atoms with Crippen molar-refractivity contribution in [1.82, 2.24) is 10.6 Å². The van der Waals surface area contributed by atoms with Crippen LogP contribution < -0.4 is 10.6 Å². The molecule has 2 rings (SSSR count). The summed E-state index contributed by atoms with van der Waals surface area (Å²) in [6.07, 6.45) is 1.47. The number of nitrogens with one attached hydrogen (secondary N) is 2. The maximum atomic E-state index is 11.8. The molecular weight excluding hydrogens is 256 g/mol. The van der Waals surface area contributed by atoms with Crippen LogP contribution in [0.15, 0.2) is 30.3 Å². The normalized spacial score (nSPS) is 21.9. The zero-order valence-corrected chi connectivity index (χ0v) is 11.5. The second kappa shape index (κ2) is 6.41. The van der Waals surface area contributed by atoms with Crippen molar-refractivity contribution in [3.63, 3.8) is 0 Å². The number of carbonyl (C=O) groups is 2. The van der Waals surface area contributed by atoms with Gasteiger partial charge < -0.3 is 15.7 Å². The van der Waals surface area contributed by atoms with Gasteiger partial charge in [-0.1, -0.05) is 30.3 Å². The maximum absolute atomic E-state index is 11.8. The second-order valence-electron chi connectivity index (χ2n) is 5.31. The number of carboxylic acid groups (broad SMARTS) is 1. The minimum Gasteiger partial charge on any atom is -0.481 e. The summed E-state index contributed by atoms with van der Waals surface area (Å²) in [4.78, 5) is 22.2. The number of benzene rings is 1. The molecule has 2 amide bonds. The average Bonchev–Trinajstić information content (AvgIpc) is 3.16. The quantitative estimate of drug-likeness (QED) is 0.744. The van der Waals surface area contributed by atoms with Crippen molar-refractivity contribution in [1.29, 1.82) is 0 Å². The molecule has 3 atom stereocenters. The molecule has 0 aromatic heterocycles. The van der Waals surface area contributed by atoms with E-state index in [1.54, 1.807) is 0 Å². The third kappa shape index (κ3) is 4.26. The first-order valence-corrected chi connectivity index (χ1v) is 6.90. The predicted octanol–water partition coefficient (Wildman–Crippen LogP) is 2.09. The summed E-state index contributed by atoms with van der Waals surface area (Å²) in [5, 5.41) is 14.3. The molecule has 0 spiro atoms. The smallest absolute Gasteiger partial charge is 0.315 e. The number of hydrogen-bond donors (Lipinski definition) is 3. The second-order valence-corrected chi connectivity index (χ2v) is 5.31. The van der Waals surface area contributed by atoms with Gasteiger partial charge in [0.2, 0.25) is 0 Å². The Labute approximate surface area is 118 Å². The fourth-order valence-electron chi connectivity index (χ4n) is 2.27. The lowest BCUT2D eigenvalue weighted by Gasteiger charge is -2.13. The molecule has 1 aliphatic rings. The van der Waals surface area contributed by atoms with E-state index in [4.69, 9.17) is 5.11 Å². The lowest BCUT2D eigenvalue weighted by Crippen LogP contribution is -2.42. The molecule has 1 aliphatic carbocycles. The largest absolute Gasteiger partial charge is 0.481 e. The lowest BCUT2D eigenvalue weighted by atomic mass is 10.1. The fraction of sp³-hybridized carbons (Fsp3) is 0.467. The lowest BCUT2D eigenvalue weighted by molar-refractivity contribution is -0.137. The highest BCUT2D eigenvalue weighted by Crippen LogP contribution is 2.40. The van der Waals surface area contributed by atoms with Gasteiger partial charge in [-0.05, 0) is 25.3 Å². The Morgan fingerprint density at radius 1 is 1.35 bits per heavy atom. The highest BCUT2D eigenvalue weighted by molar-refractivity contribution is 5.75. The molecule has 3 N–H and O–H groups in total. The van der Waals surface area contributed by atoms with Crippen LogP contribution in [0, 0.1) is 0 Å². The minimum absolute atomic E-state index is 0.0670. The summed E-state index contributed by atoms with van der Waals surface area (Å²) >= 11 is 0. The van der Waals surface area contributed by atoms with Gasteiger partial charge in [-0.2, -0.15) is 0 Å². The van der Waals surface area contributed by atoms with Gasteiger partial charge in [0.25, 0.3) is 0 Å². The number of urea groups is 1. The van der Waals surface area contributed by atoms with Crippen molar-refractivity contribution in [2.24, 2.45) is 0 Å². The number of carboxylic acids is 1. The first-order chi connectivity index (χ1) is 9.56. The van der Waals surface area contributed by atoms with Crippen LogP contribution in [0.2, 0.25) is 0 Å². The van der Waals surface area contributed by atoms with Gasteiger partial charge in [0.15, 0.2) is 0 Å². The maximum Gasteiger partial charge on any atom is 0.315 e. The molecule has 1 aromatic carbocycles. The van der Waals surface area contributed by atoms with E-state index in [9.17, 15) is 9.59 Å². The van der Waals surface area contributed by atoms with E-state index < -0.39 is 5.97 Å². The zero-order valence-electron chi connectivity index (χ0n) is 11.5. The summed E-state index contributed by atoms with van der Waals surface area (Å²) in [5.74, 6) is -0.443. The molecule has 1 fully saturated rings. The molecule has 0 bridgehead atoms. The summed E-state index contributed by atoms with van der Waals surface area (Å²) < 4.78 is 0. The van der Waals surface area contributed by atoms with Crippen molar-refractivity contribution in [2.75, 3.05) is 0 Å². The Morgan fingerprint density at radius 3 is 2.70 bits per heavy atom. The van der Waals surface area contributed by atoms with E-state index in [0.29, 0.717) is 12.3 Å². The molecule has 0 aliphatic heterocycles. The van der Waals surface area contributed by atoms with Crippen LogP contribution in [-0.4, -0.2) is 29.2 Å². The molecule has 108 valence electrons. The van der Waals surface area contributed by atoms with Crippen LogP contribution in [0.5, 0.6) is 0 Å². The van der Waals surface area contributed by atoms with Crippen LogP contribution >= 0.6 is 0 Å². The Morgan fingerprint density at radius 2 is 2.05 bits per heavy atom. The van der Waals surface area contributed by atoms with Crippen LogP contribution in [-0.2, 0) is 4.79 Å². The van der Waals surface area contributed by atoms with Crippen molar-refractivity contribution in [3.05, 3.63) is 35.9 Å². The minimum atomic E-state index is -0.842. The Bertz CT molecular complexity index is 475. The molecule has 1 aromatic rings. The zero-order chi connectivity index (χ0) is 14.5. The van der Waals surface area contributed by atoms with E-state index in [0.717, 1.165) is 6.42 Å². The van der Waals surface area contributed by atoms with Crippen LogP contribution in [0.3, 0.4) is 0 Å². The predicted molar refractivity (Wildman–Crippen MR) is 75.6 cm³/mol. The van der Waals surface area contributed by atoms with Gasteiger partial charge in [-0.15, -0.1) is 0 Å². The van der Waals surface area contributed by atoms with Crippen molar-refractivity contribution >= 4 is 12.0 Å². The molecule has 0 saturated heterocycles. The van der Waals surface area contributed by atoms with E-state index in [-0.39, 0.29) is 24.5 Å². The van der Waals surface area contributed by atoms with E-state index in [2.05, 4.69) is 22.8 Å². The first kappa shape index (κ1) is 14.4. The van der Waals surface area contributed by atoms with Gasteiger partial charge >= 0.3 is 12.0 Å². The molecule has 5 heteroatoms. The number of hydrogen-bond acceptors (Lipinski definition) is 2. The molecule has 20 heavy (non-hydrogen) atoms. The number of amides is 2. The number of rotatable bonds is 6. The SMILES string of the molecule is CC(CCC(=O)O)NC(=O)NC1CC1c1ccccc1. The highest BCUT2D eigenvalue weighted by Gasteiger charge is 2.39. The molecular formula is C15H20N2O3. The van der Waals surface area contributed by atoms with Gasteiger partial charge in [0.1, 0.15) is 0 Å². The van der Waals surface area contributed by atoms with Crippen LogP contribution in [0.1, 0.15) is 37.7 Å². The Balaban J connectivity index is 1.70. The van der Waals surface area contributed by atoms with Gasteiger partial charge in [0, 0.05) is 24.4 Å². The van der Waals surface area contributed by atoms with E-state index in [1.807, 2.05) is 25.1 Å². The Hall–Kier alpha value is -2.04. The summed E-state index contributed by atoms with van der Waals surface area (Å²) in [7, 11) is 0. The van der Waals surface area contributed by atoms with Crippen molar-refractivity contribution in [3.8, 4) is 0 Å². The topological polar surface area (TPSA) is 78.4 Å². The highest BCUT2D eigenvalue weighted by atomic mass is 16.4. The van der Waals surface area contributed by atoms with Crippen molar-refractivity contribution in [2.45, 2.75) is 44.2 Å². The fourth-order valence-corrected chi connectivity index (χ4v) is 2.27. The number of carbonyl (C=O) groups excluding carboxylic acids is 1. The third-order valence-corrected chi connectivity index (χ3v) is 3.50. The number of aliphatic carboxylic acids is 1. The van der Waals surface area contributed by atoms with Crippen molar-refractivity contribution < 1.29 is 14.7 Å². The molecule has 3 unspecified atom stereocenters. The molecule has 0 heterocycles. The Kier molecular flexibility index (Phi) is 4.61. The molecule has 0 radical (unpaired) electrons. The van der Waals surface area contributed by atoms with Crippen LogP contribution in [0.25, 0.3) is 0 Å². The van der Waals surface area contributed by atoms with Gasteiger partial charge in [0.05, 0.1) is 0 Å². The molecule has 1 saturated carbocycles. The van der Waals surface area contributed by atoms with Gasteiger partial charge in [-0.3, -0.25) is 4.79 Å². The first-order valence-electron chi connectivity index (χ1n) is 6.90. The third-order valence-electron chi connectivity index (χ3n) is 3.50.